The van der Waals surface area contributed by atoms with Crippen molar-refractivity contribution in [1.29, 1.82) is 0 Å². The predicted octanol–water partition coefficient (Wildman–Crippen LogP) is 3.94. The fraction of sp³-hybridized carbons (Fsp3) is 0.833. The van der Waals surface area contributed by atoms with E-state index in [4.69, 9.17) is 4.74 Å². The summed E-state index contributed by atoms with van der Waals surface area (Å²) in [5.74, 6) is 0. The Balaban J connectivity index is 2.83. The number of allylic oxidation sites excluding steroid dienone is 2. The maximum atomic E-state index is 5.27. The second-order valence-electron chi connectivity index (χ2n) is 3.32. The zero-order valence-electron chi connectivity index (χ0n) is 9.22. The summed E-state index contributed by atoms with van der Waals surface area (Å²) in [6.07, 6.45) is 12.3. The Morgan fingerprint density at radius 3 is 2.38 bits per heavy atom. The Kier molecular flexibility index (Phi) is 11.4. The molecule has 1 heteroatoms. The number of ether oxygens (including phenoxy) is 1. The van der Waals surface area contributed by atoms with E-state index in [2.05, 4.69) is 26.0 Å². The molecule has 0 spiro atoms. The zero-order valence-corrected chi connectivity index (χ0v) is 9.22. The summed E-state index contributed by atoms with van der Waals surface area (Å²) in [4.78, 5) is 0. The zero-order chi connectivity index (χ0) is 9.78. The molecule has 0 aliphatic heterocycles. The number of hydrogen-bond donors (Lipinski definition) is 0. The van der Waals surface area contributed by atoms with Crippen molar-refractivity contribution in [1.82, 2.24) is 0 Å². The largest absolute Gasteiger partial charge is 0.382 e. The summed E-state index contributed by atoms with van der Waals surface area (Å²) in [6.45, 7) is 5.95. The molecule has 1 nitrogen and oxygen atoms in total. The molecule has 0 saturated heterocycles. The predicted molar refractivity (Wildman–Crippen MR) is 59.0 cm³/mol. The van der Waals surface area contributed by atoms with Crippen molar-refractivity contribution in [2.45, 2.75) is 52.4 Å². The standard InChI is InChI=1S/C12H24O/c1-3-5-6-7-8-9-10-11-12-13-4-2/h3,5H,4,6-12H2,1-2H3/b5-3+. The summed E-state index contributed by atoms with van der Waals surface area (Å²) in [5, 5.41) is 0. The van der Waals surface area contributed by atoms with Gasteiger partial charge in [0.25, 0.3) is 0 Å². The molecule has 0 unspecified atom stereocenters. The van der Waals surface area contributed by atoms with E-state index in [1.807, 2.05) is 0 Å². The topological polar surface area (TPSA) is 9.23 Å². The average Bonchev–Trinajstić information content (AvgIpc) is 2.16. The van der Waals surface area contributed by atoms with Crippen molar-refractivity contribution in [2.24, 2.45) is 0 Å². The quantitative estimate of drug-likeness (QED) is 0.389. The summed E-state index contributed by atoms with van der Waals surface area (Å²) in [5.41, 5.74) is 0. The van der Waals surface area contributed by atoms with Gasteiger partial charge in [0.15, 0.2) is 0 Å². The van der Waals surface area contributed by atoms with Crippen molar-refractivity contribution < 1.29 is 4.74 Å². The molecule has 0 aromatic rings. The fourth-order valence-electron chi connectivity index (χ4n) is 1.31. The fourth-order valence-corrected chi connectivity index (χ4v) is 1.31. The molecule has 0 N–H and O–H groups in total. The van der Waals surface area contributed by atoms with Crippen LogP contribution in [-0.2, 0) is 4.74 Å². The van der Waals surface area contributed by atoms with Crippen LogP contribution < -0.4 is 0 Å². The third kappa shape index (κ3) is 11.7. The van der Waals surface area contributed by atoms with Crippen molar-refractivity contribution >= 4 is 0 Å². The molecule has 13 heavy (non-hydrogen) atoms. The van der Waals surface area contributed by atoms with Crippen LogP contribution in [-0.4, -0.2) is 13.2 Å². The van der Waals surface area contributed by atoms with Crippen LogP contribution in [0.4, 0.5) is 0 Å². The molecule has 0 aromatic carbocycles. The molecule has 78 valence electrons. The van der Waals surface area contributed by atoms with E-state index in [9.17, 15) is 0 Å². The van der Waals surface area contributed by atoms with Gasteiger partial charge in [-0.1, -0.05) is 31.4 Å². The molecule has 0 saturated carbocycles. The van der Waals surface area contributed by atoms with Crippen molar-refractivity contribution in [3.63, 3.8) is 0 Å². The lowest BCUT2D eigenvalue weighted by molar-refractivity contribution is 0.143. The number of unbranched alkanes of at least 4 members (excludes halogenated alkanes) is 5. The summed E-state index contributed by atoms with van der Waals surface area (Å²) < 4.78 is 5.27. The molecular weight excluding hydrogens is 160 g/mol. The smallest absolute Gasteiger partial charge is 0.0465 e. The second kappa shape index (κ2) is 11.7. The number of hydrogen-bond acceptors (Lipinski definition) is 1. The van der Waals surface area contributed by atoms with Crippen molar-refractivity contribution in [2.75, 3.05) is 13.2 Å². The second-order valence-corrected chi connectivity index (χ2v) is 3.32. The highest BCUT2D eigenvalue weighted by Crippen LogP contribution is 2.05. The molecule has 0 amide bonds. The molecule has 0 heterocycles. The Hall–Kier alpha value is -0.300. The average molecular weight is 184 g/mol. The Labute approximate surface area is 83.2 Å². The molecule has 0 aliphatic carbocycles. The van der Waals surface area contributed by atoms with Gasteiger partial charge in [-0.15, -0.1) is 0 Å². The highest BCUT2D eigenvalue weighted by Gasteiger charge is 1.89. The molecule has 0 atom stereocenters. The third-order valence-corrected chi connectivity index (χ3v) is 2.10. The minimum atomic E-state index is 0.862. The highest BCUT2D eigenvalue weighted by atomic mass is 16.5. The van der Waals surface area contributed by atoms with Gasteiger partial charge >= 0.3 is 0 Å². The van der Waals surface area contributed by atoms with E-state index in [1.165, 1.54) is 38.5 Å². The van der Waals surface area contributed by atoms with Gasteiger partial charge in [-0.25, -0.2) is 0 Å². The monoisotopic (exact) mass is 184 g/mol. The molecule has 0 fully saturated rings. The molecule has 0 radical (unpaired) electrons. The van der Waals surface area contributed by atoms with Crippen LogP contribution in [0, 0.1) is 0 Å². The molecule has 0 aliphatic rings. The van der Waals surface area contributed by atoms with Gasteiger partial charge in [-0.05, 0) is 33.1 Å². The Morgan fingerprint density at radius 2 is 1.69 bits per heavy atom. The van der Waals surface area contributed by atoms with Crippen LogP contribution in [0.3, 0.4) is 0 Å². The van der Waals surface area contributed by atoms with Crippen LogP contribution >= 0.6 is 0 Å². The van der Waals surface area contributed by atoms with Crippen LogP contribution in [0.5, 0.6) is 0 Å². The van der Waals surface area contributed by atoms with Gasteiger partial charge in [0.1, 0.15) is 0 Å². The van der Waals surface area contributed by atoms with Crippen LogP contribution in [0.1, 0.15) is 52.4 Å². The normalized spacial score (nSPS) is 11.2. The van der Waals surface area contributed by atoms with Gasteiger partial charge in [0, 0.05) is 13.2 Å². The lowest BCUT2D eigenvalue weighted by Crippen LogP contribution is -1.92. The van der Waals surface area contributed by atoms with Crippen molar-refractivity contribution in [3.05, 3.63) is 12.2 Å². The Bertz CT molecular complexity index is 108. The number of rotatable bonds is 9. The van der Waals surface area contributed by atoms with E-state index in [0.717, 1.165) is 13.2 Å². The molecule has 0 aromatic heterocycles. The lowest BCUT2D eigenvalue weighted by Gasteiger charge is -2.00. The minimum absolute atomic E-state index is 0.862. The van der Waals surface area contributed by atoms with Gasteiger partial charge in [0.05, 0.1) is 0 Å². The van der Waals surface area contributed by atoms with E-state index in [-0.39, 0.29) is 0 Å². The van der Waals surface area contributed by atoms with E-state index in [1.54, 1.807) is 0 Å². The first-order valence-corrected chi connectivity index (χ1v) is 5.60. The molecular formula is C12H24O. The third-order valence-electron chi connectivity index (χ3n) is 2.10. The SMILES string of the molecule is C/C=C/CCCCCCCOCC. The summed E-state index contributed by atoms with van der Waals surface area (Å²) >= 11 is 0. The first-order chi connectivity index (χ1) is 6.41. The van der Waals surface area contributed by atoms with Crippen LogP contribution in [0.2, 0.25) is 0 Å². The summed E-state index contributed by atoms with van der Waals surface area (Å²) in [6, 6.07) is 0. The molecule has 0 bridgehead atoms. The first-order valence-electron chi connectivity index (χ1n) is 5.60. The maximum Gasteiger partial charge on any atom is 0.0465 e. The van der Waals surface area contributed by atoms with Gasteiger partial charge in [-0.2, -0.15) is 0 Å². The lowest BCUT2D eigenvalue weighted by atomic mass is 10.1. The Morgan fingerprint density at radius 1 is 1.00 bits per heavy atom. The van der Waals surface area contributed by atoms with E-state index < -0.39 is 0 Å². The van der Waals surface area contributed by atoms with Gasteiger partial charge < -0.3 is 4.74 Å². The van der Waals surface area contributed by atoms with Gasteiger partial charge in [-0.3, -0.25) is 0 Å². The highest BCUT2D eigenvalue weighted by molar-refractivity contribution is 4.76. The van der Waals surface area contributed by atoms with E-state index in [0.29, 0.717) is 0 Å². The van der Waals surface area contributed by atoms with E-state index >= 15 is 0 Å². The summed E-state index contributed by atoms with van der Waals surface area (Å²) in [7, 11) is 0. The van der Waals surface area contributed by atoms with Gasteiger partial charge in [0.2, 0.25) is 0 Å². The molecule has 0 rings (SSSR count). The van der Waals surface area contributed by atoms with Crippen LogP contribution in [0.15, 0.2) is 12.2 Å². The van der Waals surface area contributed by atoms with Crippen LogP contribution in [0.25, 0.3) is 0 Å². The minimum Gasteiger partial charge on any atom is -0.382 e. The first kappa shape index (κ1) is 12.7. The van der Waals surface area contributed by atoms with Crippen molar-refractivity contribution in [3.8, 4) is 0 Å². The maximum absolute atomic E-state index is 5.27.